The second-order valence-corrected chi connectivity index (χ2v) is 3.88. The molecule has 8 heteroatoms. The van der Waals surface area contributed by atoms with Gasteiger partial charge in [-0.3, -0.25) is 14.9 Å². The lowest BCUT2D eigenvalue weighted by Crippen LogP contribution is -2.19. The third-order valence-electron chi connectivity index (χ3n) is 2.52. The zero-order valence-electron chi connectivity index (χ0n) is 9.35. The fourth-order valence-electron chi connectivity index (χ4n) is 1.74. The maximum absolute atomic E-state index is 12.4. The predicted molar refractivity (Wildman–Crippen MR) is 60.9 cm³/mol. The van der Waals surface area contributed by atoms with Gasteiger partial charge in [0, 0.05) is 24.4 Å². The largest absolute Gasteiger partial charge is 0.406 e. The standard InChI is InChI=1S/C11H7F3N2O3/c12-11(13,14)6-15-4-3-10(17)8-5-7(16(18)19)1-2-9(8)15/h1-5H,6H2. The number of non-ortho nitro benzene ring substituents is 1. The van der Waals surface area contributed by atoms with Gasteiger partial charge in [0.1, 0.15) is 6.54 Å². The highest BCUT2D eigenvalue weighted by atomic mass is 19.4. The zero-order valence-corrected chi connectivity index (χ0v) is 9.35. The molecule has 0 atom stereocenters. The van der Waals surface area contributed by atoms with Gasteiger partial charge >= 0.3 is 6.18 Å². The van der Waals surface area contributed by atoms with E-state index in [1.807, 2.05) is 0 Å². The lowest BCUT2D eigenvalue weighted by Gasteiger charge is -2.12. The molecule has 19 heavy (non-hydrogen) atoms. The number of pyridine rings is 1. The van der Waals surface area contributed by atoms with Crippen LogP contribution in [0.2, 0.25) is 0 Å². The zero-order chi connectivity index (χ0) is 14.2. The molecule has 0 aliphatic heterocycles. The fraction of sp³-hybridized carbons (Fsp3) is 0.182. The molecule has 0 aliphatic rings. The van der Waals surface area contributed by atoms with Gasteiger partial charge in [0.05, 0.1) is 15.8 Å². The minimum atomic E-state index is -4.44. The maximum atomic E-state index is 12.4. The molecule has 5 nitrogen and oxygen atoms in total. The highest BCUT2D eigenvalue weighted by Crippen LogP contribution is 2.22. The summed E-state index contributed by atoms with van der Waals surface area (Å²) in [5, 5.41) is 10.5. The lowest BCUT2D eigenvalue weighted by molar-refractivity contribution is -0.384. The molecule has 2 rings (SSSR count). The molecule has 0 fully saturated rings. The number of rotatable bonds is 2. The molecule has 0 unspecified atom stereocenters. The summed E-state index contributed by atoms with van der Waals surface area (Å²) in [5.41, 5.74) is -0.887. The Morgan fingerprint density at radius 3 is 2.53 bits per heavy atom. The van der Waals surface area contributed by atoms with Crippen molar-refractivity contribution in [2.75, 3.05) is 0 Å². The third kappa shape index (κ3) is 2.72. The van der Waals surface area contributed by atoms with Crippen LogP contribution in [-0.2, 0) is 6.54 Å². The van der Waals surface area contributed by atoms with E-state index in [1.165, 1.54) is 0 Å². The molecule has 1 aromatic heterocycles. The van der Waals surface area contributed by atoms with Crippen molar-refractivity contribution >= 4 is 16.6 Å². The minimum absolute atomic E-state index is 0.00965. The molecule has 0 amide bonds. The van der Waals surface area contributed by atoms with Crippen molar-refractivity contribution in [2.45, 2.75) is 12.7 Å². The van der Waals surface area contributed by atoms with Crippen LogP contribution in [0.5, 0.6) is 0 Å². The summed E-state index contributed by atoms with van der Waals surface area (Å²) in [6.07, 6.45) is -3.42. The number of aromatic nitrogens is 1. The first-order chi connectivity index (χ1) is 8.78. The molecule has 2 aromatic rings. The number of hydrogen-bond acceptors (Lipinski definition) is 3. The van der Waals surface area contributed by atoms with Crippen molar-refractivity contribution in [1.29, 1.82) is 0 Å². The molecule has 0 N–H and O–H groups in total. The molecular weight excluding hydrogens is 265 g/mol. The van der Waals surface area contributed by atoms with E-state index < -0.39 is 23.1 Å². The SMILES string of the molecule is O=c1ccn(CC(F)(F)F)c2ccc([N+](=O)[O-])cc12. The molecule has 0 radical (unpaired) electrons. The normalized spacial score (nSPS) is 11.7. The molecule has 0 saturated heterocycles. The number of alkyl halides is 3. The van der Waals surface area contributed by atoms with Crippen LogP contribution in [-0.4, -0.2) is 15.7 Å². The van der Waals surface area contributed by atoms with Crippen molar-refractivity contribution < 1.29 is 18.1 Å². The quantitative estimate of drug-likeness (QED) is 0.623. The van der Waals surface area contributed by atoms with Gasteiger partial charge in [-0.15, -0.1) is 0 Å². The van der Waals surface area contributed by atoms with Gasteiger partial charge < -0.3 is 4.57 Å². The van der Waals surface area contributed by atoms with Crippen molar-refractivity contribution in [3.05, 3.63) is 50.8 Å². The Hall–Kier alpha value is -2.38. The highest BCUT2D eigenvalue weighted by Gasteiger charge is 2.28. The lowest BCUT2D eigenvalue weighted by atomic mass is 10.2. The van der Waals surface area contributed by atoms with Crippen molar-refractivity contribution in [1.82, 2.24) is 4.57 Å². The van der Waals surface area contributed by atoms with Gasteiger partial charge in [0.2, 0.25) is 0 Å². The van der Waals surface area contributed by atoms with Crippen molar-refractivity contribution in [3.8, 4) is 0 Å². The van der Waals surface area contributed by atoms with E-state index in [0.29, 0.717) is 0 Å². The molecule has 0 bridgehead atoms. The number of nitro benzene ring substituents is 1. The van der Waals surface area contributed by atoms with Crippen molar-refractivity contribution in [2.24, 2.45) is 0 Å². The smallest absolute Gasteiger partial charge is 0.338 e. The van der Waals surface area contributed by atoms with E-state index in [2.05, 4.69) is 0 Å². The summed E-state index contributed by atoms with van der Waals surface area (Å²) in [5.74, 6) is 0. The van der Waals surface area contributed by atoms with Crippen LogP contribution in [0.4, 0.5) is 18.9 Å². The molecule has 0 saturated carbocycles. The molecule has 1 aromatic carbocycles. The number of hydrogen-bond donors (Lipinski definition) is 0. The monoisotopic (exact) mass is 272 g/mol. The summed E-state index contributed by atoms with van der Waals surface area (Å²) in [4.78, 5) is 21.4. The molecule has 100 valence electrons. The summed E-state index contributed by atoms with van der Waals surface area (Å²) < 4.78 is 37.9. The first kappa shape index (κ1) is 13.1. The molecule has 1 heterocycles. The number of halogens is 3. The highest BCUT2D eigenvalue weighted by molar-refractivity contribution is 5.81. The van der Waals surface area contributed by atoms with Crippen LogP contribution in [0.15, 0.2) is 35.3 Å². The van der Waals surface area contributed by atoms with E-state index >= 15 is 0 Å². The molecular formula is C11H7F3N2O3. The second-order valence-electron chi connectivity index (χ2n) is 3.88. The van der Waals surface area contributed by atoms with Gasteiger partial charge in [-0.2, -0.15) is 13.2 Å². The van der Waals surface area contributed by atoms with Crippen molar-refractivity contribution in [3.63, 3.8) is 0 Å². The van der Waals surface area contributed by atoms with E-state index in [-0.39, 0.29) is 16.6 Å². The topological polar surface area (TPSA) is 65.1 Å². The molecule has 0 spiro atoms. The Morgan fingerprint density at radius 1 is 1.26 bits per heavy atom. The molecule has 0 aliphatic carbocycles. The van der Waals surface area contributed by atoms with Crippen LogP contribution >= 0.6 is 0 Å². The van der Waals surface area contributed by atoms with Gasteiger partial charge in [-0.25, -0.2) is 0 Å². The van der Waals surface area contributed by atoms with Crippen LogP contribution < -0.4 is 5.43 Å². The van der Waals surface area contributed by atoms with E-state index in [4.69, 9.17) is 0 Å². The van der Waals surface area contributed by atoms with E-state index in [1.54, 1.807) is 0 Å². The van der Waals surface area contributed by atoms with Gasteiger partial charge in [0.25, 0.3) is 5.69 Å². The average molecular weight is 272 g/mol. The van der Waals surface area contributed by atoms with Crippen LogP contribution in [0.3, 0.4) is 0 Å². The van der Waals surface area contributed by atoms with Gasteiger partial charge in [0.15, 0.2) is 5.43 Å². The number of nitro groups is 1. The fourth-order valence-corrected chi connectivity index (χ4v) is 1.74. The Bertz CT molecular complexity index is 706. The maximum Gasteiger partial charge on any atom is 0.406 e. The number of benzene rings is 1. The van der Waals surface area contributed by atoms with Gasteiger partial charge in [-0.05, 0) is 6.07 Å². The predicted octanol–water partition coefficient (Wildman–Crippen LogP) is 2.47. The summed E-state index contributed by atoms with van der Waals surface area (Å²) in [6, 6.07) is 4.14. The van der Waals surface area contributed by atoms with E-state index in [9.17, 15) is 28.1 Å². The average Bonchev–Trinajstić information content (AvgIpc) is 2.31. The Labute approximate surface area is 104 Å². The van der Waals surface area contributed by atoms with Crippen LogP contribution in [0, 0.1) is 10.1 Å². The van der Waals surface area contributed by atoms with Gasteiger partial charge in [-0.1, -0.05) is 0 Å². The summed E-state index contributed by atoms with van der Waals surface area (Å²) in [7, 11) is 0. The number of nitrogens with zero attached hydrogens (tertiary/aromatic N) is 2. The van der Waals surface area contributed by atoms with Crippen LogP contribution in [0.1, 0.15) is 0 Å². The summed E-state index contributed by atoms with van der Waals surface area (Å²) in [6.45, 7) is -1.26. The number of fused-ring (bicyclic) bond motifs is 1. The Balaban J connectivity index is 2.67. The first-order valence-electron chi connectivity index (χ1n) is 5.12. The summed E-state index contributed by atoms with van der Waals surface area (Å²) >= 11 is 0. The van der Waals surface area contributed by atoms with Crippen LogP contribution in [0.25, 0.3) is 10.9 Å². The van der Waals surface area contributed by atoms with E-state index in [0.717, 1.165) is 35.0 Å². The Kier molecular flexibility index (Phi) is 3.01. The second kappa shape index (κ2) is 4.38. The third-order valence-corrected chi connectivity index (χ3v) is 2.52. The minimum Gasteiger partial charge on any atom is -0.338 e. The Morgan fingerprint density at radius 2 is 1.95 bits per heavy atom. The first-order valence-corrected chi connectivity index (χ1v) is 5.12.